The van der Waals surface area contributed by atoms with Gasteiger partial charge in [-0.2, -0.15) is 15.8 Å². The maximum atomic E-state index is 11.8. The highest BCUT2D eigenvalue weighted by molar-refractivity contribution is 6.14. The fourth-order valence-corrected chi connectivity index (χ4v) is 11.7. The van der Waals surface area contributed by atoms with Crippen LogP contribution in [0.5, 0.6) is 0 Å². The van der Waals surface area contributed by atoms with Crippen LogP contribution in [0.15, 0.2) is 255 Å². The SMILES string of the molecule is [C-]#[N+]c1ccc(-c2ccc3c(c2)c2cc(-c4ccc([N+]#[C-])cc4)ccc2n3-c2cc(-c3cc(-c4ccccc4)nc(-c4ccccc4)c3)c(-n3c4ccc(-c5ccc(C#N)cc5)cc4c4cc(-c5ccc(C#N)cc5)ccc43)cc2C#N)cc1. The van der Waals surface area contributed by atoms with E-state index < -0.39 is 0 Å². The van der Waals surface area contributed by atoms with Crippen molar-refractivity contribution in [2.24, 2.45) is 0 Å². The molecule has 8 nitrogen and oxygen atoms in total. The molecule has 0 unspecified atom stereocenters. The first-order valence-corrected chi connectivity index (χ1v) is 27.2. The Morgan fingerprint density at radius 2 is 0.655 bits per heavy atom. The Kier molecular flexibility index (Phi) is 12.3. The third kappa shape index (κ3) is 8.74. The molecule has 84 heavy (non-hydrogen) atoms. The Labute approximate surface area is 484 Å². The van der Waals surface area contributed by atoms with Gasteiger partial charge in [0.2, 0.25) is 0 Å². The second-order valence-electron chi connectivity index (χ2n) is 20.7. The Morgan fingerprint density at radius 3 is 1.00 bits per heavy atom. The zero-order valence-corrected chi connectivity index (χ0v) is 44.8. The molecular formula is C76H42N8. The minimum atomic E-state index is 0.448. The largest absolute Gasteiger partial charge is 0.309 e. The Bertz CT molecular complexity index is 4910. The first kappa shape index (κ1) is 49.9. The molecule has 3 heterocycles. The van der Waals surface area contributed by atoms with E-state index >= 15 is 0 Å². The molecule has 14 aromatic rings. The summed E-state index contributed by atoms with van der Waals surface area (Å²) in [6.45, 7) is 15.2. The average molecular weight is 1070 g/mol. The van der Waals surface area contributed by atoms with Crippen LogP contribution in [0.3, 0.4) is 0 Å². The van der Waals surface area contributed by atoms with Gasteiger partial charge in [0.25, 0.3) is 0 Å². The molecule has 0 atom stereocenters. The molecule has 0 saturated heterocycles. The number of hydrogen-bond donors (Lipinski definition) is 0. The molecule has 0 amide bonds. The number of nitrogens with zero attached hydrogens (tertiary/aromatic N) is 8. The van der Waals surface area contributed by atoms with E-state index in [1.165, 1.54) is 0 Å². The van der Waals surface area contributed by atoms with Crippen molar-refractivity contribution in [3.05, 3.63) is 294 Å². The van der Waals surface area contributed by atoms with Gasteiger partial charge >= 0.3 is 0 Å². The molecule has 11 aromatic carbocycles. The molecule has 0 fully saturated rings. The van der Waals surface area contributed by atoms with E-state index in [4.69, 9.17) is 18.1 Å². The Balaban J connectivity index is 1.08. The summed E-state index contributed by atoms with van der Waals surface area (Å²) in [5, 5.41) is 35.1. The van der Waals surface area contributed by atoms with E-state index in [0.717, 1.165) is 127 Å². The van der Waals surface area contributed by atoms with Gasteiger partial charge in [-0.3, -0.25) is 0 Å². The van der Waals surface area contributed by atoms with E-state index in [1.54, 1.807) is 0 Å². The monoisotopic (exact) mass is 1070 g/mol. The topological polar surface area (TPSA) is 103 Å². The van der Waals surface area contributed by atoms with Crippen LogP contribution in [0, 0.1) is 47.1 Å². The molecule has 386 valence electrons. The van der Waals surface area contributed by atoms with Crippen LogP contribution in [0.2, 0.25) is 0 Å². The quantitative estimate of drug-likeness (QED) is 0.134. The predicted molar refractivity (Wildman–Crippen MR) is 338 cm³/mol. The summed E-state index contributed by atoms with van der Waals surface area (Å²) in [5.74, 6) is 0. The molecule has 0 spiro atoms. The van der Waals surface area contributed by atoms with E-state index in [1.807, 2.05) is 140 Å². The third-order valence-corrected chi connectivity index (χ3v) is 15.9. The zero-order chi connectivity index (χ0) is 56.8. The molecule has 8 heteroatoms. The molecule has 0 radical (unpaired) electrons. The summed E-state index contributed by atoms with van der Waals surface area (Å²) in [5.41, 5.74) is 20.9. The number of fused-ring (bicyclic) bond motifs is 6. The number of rotatable bonds is 9. The maximum Gasteiger partial charge on any atom is 0.187 e. The minimum Gasteiger partial charge on any atom is -0.309 e. The lowest BCUT2D eigenvalue weighted by Crippen LogP contribution is -2.04. The fourth-order valence-electron chi connectivity index (χ4n) is 11.7. The van der Waals surface area contributed by atoms with Gasteiger partial charge in [-0.15, -0.1) is 0 Å². The summed E-state index contributed by atoms with van der Waals surface area (Å²) in [4.78, 5) is 12.6. The van der Waals surface area contributed by atoms with E-state index in [2.05, 4.69) is 152 Å². The zero-order valence-electron chi connectivity index (χ0n) is 44.8. The van der Waals surface area contributed by atoms with Crippen molar-refractivity contribution in [3.63, 3.8) is 0 Å². The first-order valence-electron chi connectivity index (χ1n) is 27.2. The Morgan fingerprint density at radius 1 is 0.310 bits per heavy atom. The molecule has 3 aromatic heterocycles. The van der Waals surface area contributed by atoms with Crippen molar-refractivity contribution in [1.29, 1.82) is 15.8 Å². The van der Waals surface area contributed by atoms with Crippen LogP contribution in [0.4, 0.5) is 11.4 Å². The minimum absolute atomic E-state index is 0.448. The van der Waals surface area contributed by atoms with Gasteiger partial charge in [-0.05, 0) is 147 Å². The number of benzene rings is 11. The van der Waals surface area contributed by atoms with Crippen molar-refractivity contribution < 1.29 is 0 Å². The van der Waals surface area contributed by atoms with Crippen LogP contribution < -0.4 is 0 Å². The van der Waals surface area contributed by atoms with Gasteiger partial charge in [-0.1, -0.05) is 158 Å². The highest BCUT2D eigenvalue weighted by atomic mass is 15.0. The lowest BCUT2D eigenvalue weighted by atomic mass is 9.96. The van der Waals surface area contributed by atoms with E-state index in [0.29, 0.717) is 33.8 Å². The normalized spacial score (nSPS) is 11.0. The number of pyridine rings is 1. The lowest BCUT2D eigenvalue weighted by molar-refractivity contribution is 1.13. The van der Waals surface area contributed by atoms with Crippen LogP contribution in [-0.4, -0.2) is 14.1 Å². The smallest absolute Gasteiger partial charge is 0.187 e. The molecule has 0 N–H and O–H groups in total. The molecular weight excluding hydrogens is 1020 g/mol. The van der Waals surface area contributed by atoms with Gasteiger partial charge in [0.05, 0.1) is 86.8 Å². The van der Waals surface area contributed by atoms with Crippen molar-refractivity contribution in [3.8, 4) is 108 Å². The van der Waals surface area contributed by atoms with Crippen LogP contribution in [0.1, 0.15) is 16.7 Å². The highest BCUT2D eigenvalue weighted by Gasteiger charge is 2.24. The summed E-state index contributed by atoms with van der Waals surface area (Å²) in [6, 6.07) is 92.5. The molecule has 0 bridgehead atoms. The standard InChI is InChI=1S/C76H42N8/c1-80-62-29-21-52(22-30-62)58-25-33-71-65(39-58)66-40-59(53-23-31-63(81-2)32-24-53)26-34-72(66)83(71)75-44-64(60-41-69(54-9-5-3-6-10-54)82-70(42-60)55-11-7-4-8-12-55)76(43-61(75)47-79)84-73-35-27-56(50-17-13-48(45-77)14-18-50)37-67(73)68-38-57(28-36-74(68)84)51-19-15-49(46-78)16-20-51/h3-44H. The van der Waals surface area contributed by atoms with Crippen molar-refractivity contribution in [1.82, 2.24) is 14.1 Å². The van der Waals surface area contributed by atoms with Crippen LogP contribution in [-0.2, 0) is 0 Å². The maximum absolute atomic E-state index is 11.8. The van der Waals surface area contributed by atoms with Gasteiger partial charge in [-0.25, -0.2) is 14.7 Å². The fraction of sp³-hybridized carbons (Fsp3) is 0. The highest BCUT2D eigenvalue weighted by Crippen LogP contribution is 2.45. The van der Waals surface area contributed by atoms with Gasteiger partial charge in [0.15, 0.2) is 11.4 Å². The van der Waals surface area contributed by atoms with Crippen LogP contribution in [0.25, 0.3) is 143 Å². The molecule has 0 aliphatic heterocycles. The number of hydrogen-bond acceptors (Lipinski definition) is 4. The lowest BCUT2D eigenvalue weighted by Gasteiger charge is -2.20. The molecule has 14 rings (SSSR count). The summed E-state index contributed by atoms with van der Waals surface area (Å²) in [7, 11) is 0. The van der Waals surface area contributed by atoms with Crippen LogP contribution >= 0.6 is 0 Å². The molecule has 0 aliphatic rings. The number of aromatic nitrogens is 3. The van der Waals surface area contributed by atoms with Crippen molar-refractivity contribution in [2.45, 2.75) is 0 Å². The van der Waals surface area contributed by atoms with Gasteiger partial charge in [0, 0.05) is 38.2 Å². The third-order valence-electron chi connectivity index (χ3n) is 15.9. The first-order chi connectivity index (χ1) is 41.4. The van der Waals surface area contributed by atoms with E-state index in [-0.39, 0.29) is 0 Å². The summed E-state index contributed by atoms with van der Waals surface area (Å²) >= 11 is 0. The second kappa shape index (κ2) is 20.7. The van der Waals surface area contributed by atoms with Gasteiger partial charge in [0.1, 0.15) is 6.07 Å². The Hall–Kier alpha value is -12.4. The number of nitriles is 3. The van der Waals surface area contributed by atoms with Crippen molar-refractivity contribution in [2.75, 3.05) is 0 Å². The van der Waals surface area contributed by atoms with E-state index in [9.17, 15) is 15.8 Å². The predicted octanol–water partition coefficient (Wildman–Crippen LogP) is 19.7. The summed E-state index contributed by atoms with van der Waals surface area (Å²) < 4.78 is 4.49. The van der Waals surface area contributed by atoms with Crippen molar-refractivity contribution >= 4 is 55.0 Å². The second-order valence-corrected chi connectivity index (χ2v) is 20.7. The molecule has 0 saturated carbocycles. The molecule has 0 aliphatic carbocycles. The van der Waals surface area contributed by atoms with Gasteiger partial charge < -0.3 is 9.13 Å². The average Bonchev–Trinajstić information content (AvgIpc) is 3.52. The summed E-state index contributed by atoms with van der Waals surface area (Å²) in [6.07, 6.45) is 0.